The molecule has 1 aromatic heterocycles. The largest absolute Gasteiger partial charge is 0.388 e. The third kappa shape index (κ3) is 4.30. The molecule has 0 aliphatic rings. The van der Waals surface area contributed by atoms with Crippen LogP contribution >= 0.6 is 0 Å². The zero-order valence-corrected chi connectivity index (χ0v) is 16.1. The van der Waals surface area contributed by atoms with Crippen molar-refractivity contribution >= 4 is 22.9 Å². The van der Waals surface area contributed by atoms with Crippen molar-refractivity contribution in [3.05, 3.63) is 65.4 Å². The fraction of sp³-hybridized carbons (Fsp3) is 0.318. The molecule has 0 radical (unpaired) electrons. The summed E-state index contributed by atoms with van der Waals surface area (Å²) >= 11 is 0. The average molecular weight is 336 g/mol. The van der Waals surface area contributed by atoms with E-state index in [0.29, 0.717) is 0 Å². The van der Waals surface area contributed by atoms with E-state index in [-0.39, 0.29) is 5.41 Å². The van der Waals surface area contributed by atoms with Crippen molar-refractivity contribution in [3.8, 4) is 0 Å². The van der Waals surface area contributed by atoms with E-state index in [1.54, 1.807) is 0 Å². The van der Waals surface area contributed by atoms with Crippen LogP contribution < -0.4 is 5.32 Å². The molecule has 1 N–H and O–H groups in total. The molecule has 0 saturated carbocycles. The summed E-state index contributed by atoms with van der Waals surface area (Å²) in [5.74, 6) is 0. The topological polar surface area (TPSA) is 34.0 Å². The Kier molecular flexibility index (Phi) is 5.68. The number of carbonyl (C=O) groups excluding carboxylic acids is 1. The number of rotatable bonds is 2. The zero-order valence-electron chi connectivity index (χ0n) is 16.1. The van der Waals surface area contributed by atoms with Crippen LogP contribution in [0.15, 0.2) is 48.7 Å². The van der Waals surface area contributed by atoms with Crippen LogP contribution in [0.3, 0.4) is 0 Å². The van der Waals surface area contributed by atoms with Gasteiger partial charge in [0.1, 0.15) is 0 Å². The smallest absolute Gasteiger partial charge is 0.152 e. The highest BCUT2D eigenvalue weighted by Gasteiger charge is 2.12. The predicted molar refractivity (Wildman–Crippen MR) is 108 cm³/mol. The van der Waals surface area contributed by atoms with Crippen molar-refractivity contribution in [1.82, 2.24) is 4.57 Å². The Morgan fingerprint density at radius 1 is 1.04 bits per heavy atom. The molecule has 0 fully saturated rings. The molecule has 1 heterocycles. The van der Waals surface area contributed by atoms with Crippen molar-refractivity contribution in [1.29, 1.82) is 0 Å². The second-order valence-electron chi connectivity index (χ2n) is 7.36. The summed E-state index contributed by atoms with van der Waals surface area (Å²) in [4.78, 5) is 10.8. The van der Waals surface area contributed by atoms with E-state index in [1.807, 2.05) is 50.0 Å². The number of nitrogens with zero attached hydrogens (tertiary/aromatic N) is 1. The van der Waals surface area contributed by atoms with E-state index in [1.165, 1.54) is 11.3 Å². The summed E-state index contributed by atoms with van der Waals surface area (Å²) in [5.41, 5.74) is 5.84. The van der Waals surface area contributed by atoms with Crippen molar-refractivity contribution in [2.75, 3.05) is 12.4 Å². The van der Waals surface area contributed by atoms with Gasteiger partial charge < -0.3 is 9.88 Å². The SMILES string of the molecule is CNc1ccc(C(C)(C)C)cc1.Cc1cccc2c1c(C=O)cn2C. The maximum atomic E-state index is 10.8. The van der Waals surface area contributed by atoms with E-state index in [9.17, 15) is 4.79 Å². The Labute approximate surface area is 150 Å². The molecule has 0 spiro atoms. The minimum Gasteiger partial charge on any atom is -0.388 e. The van der Waals surface area contributed by atoms with E-state index >= 15 is 0 Å². The third-order valence-corrected chi connectivity index (χ3v) is 4.42. The van der Waals surface area contributed by atoms with Gasteiger partial charge in [-0.2, -0.15) is 0 Å². The lowest BCUT2D eigenvalue weighted by molar-refractivity contribution is 0.112. The molecule has 0 aliphatic carbocycles. The number of aryl methyl sites for hydroxylation is 2. The van der Waals surface area contributed by atoms with Crippen molar-refractivity contribution in [2.45, 2.75) is 33.1 Å². The number of aldehydes is 1. The minimum absolute atomic E-state index is 0.256. The van der Waals surface area contributed by atoms with Crippen molar-refractivity contribution in [3.63, 3.8) is 0 Å². The first-order valence-corrected chi connectivity index (χ1v) is 8.56. The van der Waals surface area contributed by atoms with Gasteiger partial charge in [-0.05, 0) is 41.7 Å². The van der Waals surface area contributed by atoms with Crippen LogP contribution in [0.2, 0.25) is 0 Å². The molecule has 3 nitrogen and oxygen atoms in total. The molecule has 0 saturated heterocycles. The van der Waals surface area contributed by atoms with E-state index < -0.39 is 0 Å². The summed E-state index contributed by atoms with van der Waals surface area (Å²) in [6, 6.07) is 14.6. The first-order chi connectivity index (χ1) is 11.8. The predicted octanol–water partition coefficient (Wildman–Crippen LogP) is 5.33. The van der Waals surface area contributed by atoms with Gasteiger partial charge in [-0.1, -0.05) is 45.0 Å². The first-order valence-electron chi connectivity index (χ1n) is 8.56. The van der Waals surface area contributed by atoms with Crippen LogP contribution in [0.25, 0.3) is 10.9 Å². The van der Waals surface area contributed by atoms with Gasteiger partial charge in [0.05, 0.1) is 0 Å². The molecule has 2 aromatic carbocycles. The third-order valence-electron chi connectivity index (χ3n) is 4.42. The van der Waals surface area contributed by atoms with Crippen LogP contribution in [0, 0.1) is 6.92 Å². The van der Waals surface area contributed by atoms with E-state index in [4.69, 9.17) is 0 Å². The molecule has 25 heavy (non-hydrogen) atoms. The van der Waals surface area contributed by atoms with Crippen molar-refractivity contribution < 1.29 is 4.79 Å². The van der Waals surface area contributed by atoms with Gasteiger partial charge in [0, 0.05) is 42.4 Å². The fourth-order valence-corrected chi connectivity index (χ4v) is 2.89. The second-order valence-corrected chi connectivity index (χ2v) is 7.36. The lowest BCUT2D eigenvalue weighted by Gasteiger charge is -2.18. The van der Waals surface area contributed by atoms with Gasteiger partial charge in [-0.15, -0.1) is 0 Å². The van der Waals surface area contributed by atoms with Crippen LogP contribution in [0.4, 0.5) is 5.69 Å². The number of anilines is 1. The number of hydrogen-bond donors (Lipinski definition) is 1. The summed E-state index contributed by atoms with van der Waals surface area (Å²) in [5, 5.41) is 4.18. The lowest BCUT2D eigenvalue weighted by Crippen LogP contribution is -2.10. The molecule has 0 bridgehead atoms. The monoisotopic (exact) mass is 336 g/mol. The Morgan fingerprint density at radius 2 is 1.68 bits per heavy atom. The van der Waals surface area contributed by atoms with Crippen molar-refractivity contribution in [2.24, 2.45) is 7.05 Å². The highest BCUT2D eigenvalue weighted by atomic mass is 16.1. The molecular weight excluding hydrogens is 308 g/mol. The Morgan fingerprint density at radius 3 is 2.20 bits per heavy atom. The molecule has 0 unspecified atom stereocenters. The molecule has 3 rings (SSSR count). The standard InChI is InChI=1S/C11H11NO.C11H17N/c1-8-4-3-5-10-11(8)9(7-13)6-12(10)2;1-11(2,3)9-5-7-10(12-4)8-6-9/h3-7H,1-2H3;5-8,12H,1-4H3. The molecule has 3 heteroatoms. The second kappa shape index (κ2) is 7.56. The molecule has 0 atom stereocenters. The zero-order chi connectivity index (χ0) is 18.6. The van der Waals surface area contributed by atoms with Crippen LogP contribution in [-0.2, 0) is 12.5 Å². The lowest BCUT2D eigenvalue weighted by atomic mass is 9.87. The maximum Gasteiger partial charge on any atom is 0.152 e. The average Bonchev–Trinajstić information content (AvgIpc) is 2.92. The Balaban J connectivity index is 0.000000181. The van der Waals surface area contributed by atoms with E-state index in [2.05, 4.69) is 50.4 Å². The molecule has 3 aromatic rings. The number of carbonyl (C=O) groups is 1. The first kappa shape index (κ1) is 18.8. The number of fused-ring (bicyclic) bond motifs is 1. The number of aromatic nitrogens is 1. The summed E-state index contributed by atoms with van der Waals surface area (Å²) < 4.78 is 1.98. The molecule has 132 valence electrons. The van der Waals surface area contributed by atoms with Crippen LogP contribution in [0.1, 0.15) is 42.3 Å². The van der Waals surface area contributed by atoms with Crippen LogP contribution in [-0.4, -0.2) is 17.9 Å². The number of nitrogens with one attached hydrogen (secondary N) is 1. The molecule has 0 aliphatic heterocycles. The fourth-order valence-electron chi connectivity index (χ4n) is 2.89. The van der Waals surface area contributed by atoms with Gasteiger partial charge in [-0.3, -0.25) is 4.79 Å². The Hall–Kier alpha value is -2.55. The van der Waals surface area contributed by atoms with E-state index in [0.717, 1.165) is 28.3 Å². The Bertz CT molecular complexity index is 852. The minimum atomic E-state index is 0.256. The van der Waals surface area contributed by atoms with Gasteiger partial charge in [0.25, 0.3) is 0 Å². The number of benzene rings is 2. The van der Waals surface area contributed by atoms with Crippen LogP contribution in [0.5, 0.6) is 0 Å². The highest BCUT2D eigenvalue weighted by Crippen LogP contribution is 2.23. The quantitative estimate of drug-likeness (QED) is 0.642. The summed E-state index contributed by atoms with van der Waals surface area (Å²) in [6.45, 7) is 8.69. The van der Waals surface area contributed by atoms with Gasteiger partial charge >= 0.3 is 0 Å². The molecule has 0 amide bonds. The normalized spacial score (nSPS) is 11.0. The number of hydrogen-bond acceptors (Lipinski definition) is 2. The van der Waals surface area contributed by atoms with Gasteiger partial charge in [0.15, 0.2) is 6.29 Å². The van der Waals surface area contributed by atoms with Gasteiger partial charge in [-0.25, -0.2) is 0 Å². The maximum absolute atomic E-state index is 10.8. The van der Waals surface area contributed by atoms with Gasteiger partial charge in [0.2, 0.25) is 0 Å². The highest BCUT2D eigenvalue weighted by molar-refractivity contribution is 5.99. The summed E-state index contributed by atoms with van der Waals surface area (Å²) in [6.07, 6.45) is 2.78. The molecular formula is C22H28N2O. The summed E-state index contributed by atoms with van der Waals surface area (Å²) in [7, 11) is 3.89.